The third-order valence-electron chi connectivity index (χ3n) is 6.93. The molecule has 0 fully saturated rings. The van der Waals surface area contributed by atoms with Gasteiger partial charge in [0, 0.05) is 6.61 Å². The number of aliphatic hydroxyl groups is 1. The first kappa shape index (κ1) is 29.3. The highest BCUT2D eigenvalue weighted by atomic mass is 28.3. The van der Waals surface area contributed by atoms with E-state index in [1.807, 2.05) is 6.07 Å². The fourth-order valence-corrected chi connectivity index (χ4v) is 7.16. The van der Waals surface area contributed by atoms with Gasteiger partial charge in [-0.1, -0.05) is 124 Å². The molecule has 2 aromatic rings. The van der Waals surface area contributed by atoms with Gasteiger partial charge in [0.2, 0.25) is 0 Å². The van der Waals surface area contributed by atoms with Crippen molar-refractivity contribution in [1.29, 1.82) is 0 Å². The highest BCUT2D eigenvalue weighted by molar-refractivity contribution is 6.95. The molecule has 0 aliphatic heterocycles. The standard InChI is InChI=1S/C32H48O2Si/c1-4-5-22-32(35(2,3)31-23-16-12-17-24-31)26-30(27-33)21-13-9-7-6-8-10-18-25-34-28-29-19-14-11-15-20-29/h11-12,14-17,19-20,23-24,33H,4-10,13,18,21-22,25,27-28H2,1-3H3. The second-order valence-electron chi connectivity index (χ2n) is 10.2. The van der Waals surface area contributed by atoms with Gasteiger partial charge in [-0.05, 0) is 48.4 Å². The Morgan fingerprint density at radius 1 is 0.771 bits per heavy atom. The van der Waals surface area contributed by atoms with E-state index in [0.29, 0.717) is 0 Å². The summed E-state index contributed by atoms with van der Waals surface area (Å²) in [5, 5.41) is 13.0. The van der Waals surface area contributed by atoms with E-state index < -0.39 is 8.07 Å². The molecule has 0 heterocycles. The molecule has 0 aromatic heterocycles. The Bertz CT molecular complexity index is 867. The van der Waals surface area contributed by atoms with E-state index >= 15 is 0 Å². The lowest BCUT2D eigenvalue weighted by molar-refractivity contribution is 0.116. The lowest BCUT2D eigenvalue weighted by Crippen LogP contribution is -2.43. The quantitative estimate of drug-likeness (QED) is 0.129. The first-order valence-corrected chi connectivity index (χ1v) is 16.8. The summed E-state index contributed by atoms with van der Waals surface area (Å²) >= 11 is 0. The predicted molar refractivity (Wildman–Crippen MR) is 154 cm³/mol. The Balaban J connectivity index is 1.71. The average Bonchev–Trinajstić information content (AvgIpc) is 2.89. The number of ether oxygens (including phenoxy) is 1. The monoisotopic (exact) mass is 492 g/mol. The molecule has 0 bridgehead atoms. The molecule has 35 heavy (non-hydrogen) atoms. The van der Waals surface area contributed by atoms with Crippen LogP contribution in [0.5, 0.6) is 0 Å². The van der Waals surface area contributed by atoms with Crippen LogP contribution in [0.4, 0.5) is 0 Å². The summed E-state index contributed by atoms with van der Waals surface area (Å²) in [6.45, 7) is 8.83. The average molecular weight is 493 g/mol. The zero-order valence-corrected chi connectivity index (χ0v) is 23.5. The lowest BCUT2D eigenvalue weighted by atomic mass is 10.0. The zero-order valence-electron chi connectivity index (χ0n) is 22.5. The molecule has 1 N–H and O–H groups in total. The van der Waals surface area contributed by atoms with Crippen molar-refractivity contribution in [2.24, 2.45) is 0 Å². The van der Waals surface area contributed by atoms with Crippen LogP contribution in [0.25, 0.3) is 0 Å². The molecule has 3 heteroatoms. The van der Waals surface area contributed by atoms with Gasteiger partial charge in [0.05, 0.1) is 13.2 Å². The minimum atomic E-state index is -1.76. The molecule has 0 saturated heterocycles. The van der Waals surface area contributed by atoms with Gasteiger partial charge in [-0.25, -0.2) is 0 Å². The topological polar surface area (TPSA) is 29.5 Å². The summed E-state index contributed by atoms with van der Waals surface area (Å²) in [6, 6.07) is 21.3. The minimum Gasteiger partial charge on any atom is -0.391 e. The van der Waals surface area contributed by atoms with Crippen molar-refractivity contribution >= 4 is 13.3 Å². The van der Waals surface area contributed by atoms with Crippen molar-refractivity contribution in [1.82, 2.24) is 0 Å². The van der Waals surface area contributed by atoms with E-state index in [0.717, 1.165) is 44.5 Å². The number of unbranched alkanes of at least 4 members (excludes halogenated alkanes) is 7. The molecule has 0 aliphatic rings. The molecule has 0 spiro atoms. The van der Waals surface area contributed by atoms with E-state index in [9.17, 15) is 5.11 Å². The fraction of sp³-hybridized carbons (Fsp3) is 0.531. The van der Waals surface area contributed by atoms with Crippen LogP contribution in [-0.2, 0) is 11.3 Å². The molecule has 0 atom stereocenters. The van der Waals surface area contributed by atoms with Crippen molar-refractivity contribution < 1.29 is 9.84 Å². The first-order valence-electron chi connectivity index (χ1n) is 13.8. The molecule has 192 valence electrons. The van der Waals surface area contributed by atoms with Gasteiger partial charge in [-0.15, -0.1) is 5.73 Å². The van der Waals surface area contributed by atoms with Crippen LogP contribution in [-0.4, -0.2) is 26.4 Å². The molecular formula is C32H48O2Si. The molecule has 0 amide bonds. The lowest BCUT2D eigenvalue weighted by Gasteiger charge is -2.25. The summed E-state index contributed by atoms with van der Waals surface area (Å²) in [7, 11) is -1.76. The molecular weight excluding hydrogens is 444 g/mol. The summed E-state index contributed by atoms with van der Waals surface area (Å²) in [6.07, 6.45) is 13.1. The molecule has 2 rings (SSSR count). The summed E-state index contributed by atoms with van der Waals surface area (Å²) in [5.41, 5.74) is 6.10. The third kappa shape index (κ3) is 11.6. The Labute approximate surface area is 216 Å². The van der Waals surface area contributed by atoms with Gasteiger partial charge < -0.3 is 9.84 Å². The number of benzene rings is 2. The van der Waals surface area contributed by atoms with Crippen molar-refractivity contribution in [3.8, 4) is 0 Å². The summed E-state index contributed by atoms with van der Waals surface area (Å²) in [4.78, 5) is 0. The maximum atomic E-state index is 10.0. The van der Waals surface area contributed by atoms with Gasteiger partial charge in [-0.3, -0.25) is 0 Å². The fourth-order valence-electron chi connectivity index (χ4n) is 4.50. The highest BCUT2D eigenvalue weighted by Crippen LogP contribution is 2.22. The van der Waals surface area contributed by atoms with Crippen LogP contribution in [0.15, 0.2) is 77.2 Å². The van der Waals surface area contributed by atoms with Gasteiger partial charge >= 0.3 is 0 Å². The number of rotatable bonds is 18. The SMILES string of the molecule is CCCCC(=C=C(CO)CCCCCCCCCOCc1ccccc1)[Si](C)(C)c1ccccc1. The van der Waals surface area contributed by atoms with Crippen molar-refractivity contribution in [2.75, 3.05) is 13.2 Å². The normalized spacial score (nSPS) is 11.3. The van der Waals surface area contributed by atoms with Crippen LogP contribution < -0.4 is 5.19 Å². The number of hydrogen-bond acceptors (Lipinski definition) is 2. The van der Waals surface area contributed by atoms with Gasteiger partial charge in [0.15, 0.2) is 0 Å². The molecule has 2 nitrogen and oxygen atoms in total. The molecule has 0 radical (unpaired) electrons. The molecule has 0 saturated carbocycles. The maximum absolute atomic E-state index is 10.0. The Morgan fingerprint density at radius 2 is 1.37 bits per heavy atom. The van der Waals surface area contributed by atoms with E-state index in [1.54, 1.807) is 0 Å². The van der Waals surface area contributed by atoms with Crippen LogP contribution in [0.1, 0.15) is 83.1 Å². The van der Waals surface area contributed by atoms with E-state index in [-0.39, 0.29) is 6.61 Å². The summed E-state index contributed by atoms with van der Waals surface area (Å²) in [5.74, 6) is 0. The van der Waals surface area contributed by atoms with Crippen LogP contribution in [0, 0.1) is 0 Å². The van der Waals surface area contributed by atoms with E-state index in [1.165, 1.54) is 60.9 Å². The van der Waals surface area contributed by atoms with Crippen LogP contribution in [0.3, 0.4) is 0 Å². The van der Waals surface area contributed by atoms with Crippen molar-refractivity contribution in [2.45, 2.75) is 97.3 Å². The molecule has 0 unspecified atom stereocenters. The Hall–Kier alpha value is -1.90. The van der Waals surface area contributed by atoms with E-state index in [2.05, 4.69) is 80.3 Å². The maximum Gasteiger partial charge on any atom is 0.116 e. The van der Waals surface area contributed by atoms with Crippen LogP contribution >= 0.6 is 0 Å². The van der Waals surface area contributed by atoms with E-state index in [4.69, 9.17) is 4.74 Å². The predicted octanol–water partition coefficient (Wildman–Crippen LogP) is 8.11. The first-order chi connectivity index (χ1) is 17.1. The Kier molecular flexibility index (Phi) is 14.7. The smallest absolute Gasteiger partial charge is 0.116 e. The van der Waals surface area contributed by atoms with Gasteiger partial charge in [0.25, 0.3) is 0 Å². The minimum absolute atomic E-state index is 0.137. The van der Waals surface area contributed by atoms with Crippen molar-refractivity contribution in [3.63, 3.8) is 0 Å². The highest BCUT2D eigenvalue weighted by Gasteiger charge is 2.28. The molecule has 2 aromatic carbocycles. The second-order valence-corrected chi connectivity index (χ2v) is 14.7. The second kappa shape index (κ2) is 17.5. The van der Waals surface area contributed by atoms with Gasteiger partial charge in [-0.2, -0.15) is 0 Å². The molecule has 0 aliphatic carbocycles. The zero-order chi connectivity index (χ0) is 25.2. The third-order valence-corrected chi connectivity index (χ3v) is 10.6. The summed E-state index contributed by atoms with van der Waals surface area (Å²) < 4.78 is 5.78. The Morgan fingerprint density at radius 3 is 2.00 bits per heavy atom. The largest absolute Gasteiger partial charge is 0.391 e. The van der Waals surface area contributed by atoms with Crippen LogP contribution in [0.2, 0.25) is 13.1 Å². The van der Waals surface area contributed by atoms with Gasteiger partial charge in [0.1, 0.15) is 8.07 Å². The number of hydrogen-bond donors (Lipinski definition) is 1. The van der Waals surface area contributed by atoms with Crippen molar-refractivity contribution in [3.05, 3.63) is 82.7 Å². The number of aliphatic hydroxyl groups excluding tert-OH is 1.